The molecule has 0 atom stereocenters. The van der Waals surface area contributed by atoms with E-state index in [2.05, 4.69) is 4.98 Å². The van der Waals surface area contributed by atoms with Crippen LogP contribution in [-0.2, 0) is 11.3 Å². The summed E-state index contributed by atoms with van der Waals surface area (Å²) in [5.74, 6) is -1.23. The molecule has 0 aliphatic carbocycles. The van der Waals surface area contributed by atoms with Crippen LogP contribution >= 0.6 is 0 Å². The highest BCUT2D eigenvalue weighted by Gasteiger charge is 2.34. The Hall–Kier alpha value is -3.74. The third-order valence-electron chi connectivity index (χ3n) is 4.57. The normalized spacial score (nSPS) is 12.9. The summed E-state index contributed by atoms with van der Waals surface area (Å²) >= 11 is 0. The standard InChI is InChI=1S/C21H17N3O4/c25-19-16-4-1-2-5-17(16)20(26)24(19)12-13-28-21(27)18-6-3-11-23(18)14-15-7-9-22-10-8-15/h1-11H,12-14H2. The number of amides is 2. The smallest absolute Gasteiger partial charge is 0.355 e. The summed E-state index contributed by atoms with van der Waals surface area (Å²) in [6, 6.07) is 13.8. The number of aromatic nitrogens is 2. The molecule has 0 saturated carbocycles. The van der Waals surface area contributed by atoms with E-state index in [9.17, 15) is 14.4 Å². The highest BCUT2D eigenvalue weighted by Crippen LogP contribution is 2.22. The molecule has 0 spiro atoms. The first kappa shape index (κ1) is 17.7. The minimum atomic E-state index is -0.504. The van der Waals surface area contributed by atoms with E-state index in [-0.39, 0.29) is 25.0 Å². The first-order valence-electron chi connectivity index (χ1n) is 8.81. The number of benzene rings is 1. The molecule has 3 aromatic rings. The van der Waals surface area contributed by atoms with E-state index >= 15 is 0 Å². The maximum absolute atomic E-state index is 12.4. The van der Waals surface area contributed by atoms with Crippen molar-refractivity contribution in [3.63, 3.8) is 0 Å². The molecule has 2 amide bonds. The van der Waals surface area contributed by atoms with Gasteiger partial charge in [0, 0.05) is 25.1 Å². The third kappa shape index (κ3) is 3.29. The van der Waals surface area contributed by atoms with E-state index in [0.717, 1.165) is 10.5 Å². The zero-order valence-corrected chi connectivity index (χ0v) is 14.9. The van der Waals surface area contributed by atoms with Gasteiger partial charge in [-0.1, -0.05) is 12.1 Å². The van der Waals surface area contributed by atoms with Gasteiger partial charge in [-0.25, -0.2) is 4.79 Å². The summed E-state index contributed by atoms with van der Waals surface area (Å²) in [4.78, 5) is 42.2. The molecule has 0 unspecified atom stereocenters. The van der Waals surface area contributed by atoms with Crippen LogP contribution in [0.5, 0.6) is 0 Å². The predicted octanol–water partition coefficient (Wildman–Crippen LogP) is 2.38. The lowest BCUT2D eigenvalue weighted by atomic mass is 10.1. The topological polar surface area (TPSA) is 81.5 Å². The largest absolute Gasteiger partial charge is 0.459 e. The van der Waals surface area contributed by atoms with Gasteiger partial charge in [0.1, 0.15) is 12.3 Å². The highest BCUT2D eigenvalue weighted by molar-refractivity contribution is 6.21. The lowest BCUT2D eigenvalue weighted by Crippen LogP contribution is -2.33. The van der Waals surface area contributed by atoms with Gasteiger partial charge in [-0.2, -0.15) is 0 Å². The van der Waals surface area contributed by atoms with Crippen LogP contribution in [0.4, 0.5) is 0 Å². The predicted molar refractivity (Wildman–Crippen MR) is 99.9 cm³/mol. The second kappa shape index (κ2) is 7.48. The van der Waals surface area contributed by atoms with Crippen LogP contribution in [-0.4, -0.2) is 45.4 Å². The van der Waals surface area contributed by atoms with Crippen LogP contribution in [0.15, 0.2) is 67.1 Å². The summed E-state index contributed by atoms with van der Waals surface area (Å²) in [5, 5.41) is 0. The molecular weight excluding hydrogens is 358 g/mol. The molecule has 1 aliphatic heterocycles. The lowest BCUT2D eigenvalue weighted by Gasteiger charge is -2.14. The Morgan fingerprint density at radius 1 is 0.929 bits per heavy atom. The van der Waals surface area contributed by atoms with Gasteiger partial charge < -0.3 is 9.30 Å². The van der Waals surface area contributed by atoms with Gasteiger partial charge >= 0.3 is 5.97 Å². The average molecular weight is 375 g/mol. The average Bonchev–Trinajstić information content (AvgIpc) is 3.27. The Morgan fingerprint density at radius 3 is 2.29 bits per heavy atom. The van der Waals surface area contributed by atoms with Crippen LogP contribution in [0.3, 0.4) is 0 Å². The van der Waals surface area contributed by atoms with Crippen molar-refractivity contribution in [2.75, 3.05) is 13.2 Å². The summed E-state index contributed by atoms with van der Waals surface area (Å²) < 4.78 is 7.08. The van der Waals surface area contributed by atoms with Crippen LogP contribution in [0.25, 0.3) is 0 Å². The van der Waals surface area contributed by atoms with Gasteiger partial charge in [0.15, 0.2) is 0 Å². The molecule has 3 heterocycles. The first-order valence-corrected chi connectivity index (χ1v) is 8.81. The molecular formula is C21H17N3O4. The minimum Gasteiger partial charge on any atom is -0.459 e. The number of carbonyl (C=O) groups excluding carboxylic acids is 3. The monoisotopic (exact) mass is 375 g/mol. The fraction of sp³-hybridized carbons (Fsp3) is 0.143. The highest BCUT2D eigenvalue weighted by atomic mass is 16.5. The molecule has 7 heteroatoms. The number of pyridine rings is 1. The number of fused-ring (bicyclic) bond motifs is 1. The molecule has 0 saturated heterocycles. The maximum atomic E-state index is 12.4. The third-order valence-corrected chi connectivity index (χ3v) is 4.57. The van der Waals surface area contributed by atoms with E-state index in [1.165, 1.54) is 0 Å². The molecule has 2 aromatic heterocycles. The first-order chi connectivity index (χ1) is 13.6. The van der Waals surface area contributed by atoms with Crippen molar-refractivity contribution >= 4 is 17.8 Å². The molecule has 1 aromatic carbocycles. The molecule has 28 heavy (non-hydrogen) atoms. The van der Waals surface area contributed by atoms with Crippen molar-refractivity contribution in [1.29, 1.82) is 0 Å². The molecule has 7 nitrogen and oxygen atoms in total. The van der Waals surface area contributed by atoms with E-state index < -0.39 is 5.97 Å². The Kier molecular flexibility index (Phi) is 4.72. The number of ether oxygens (including phenoxy) is 1. The molecule has 0 fully saturated rings. The number of hydrogen-bond acceptors (Lipinski definition) is 5. The van der Waals surface area contributed by atoms with Crippen molar-refractivity contribution < 1.29 is 19.1 Å². The number of hydrogen-bond donors (Lipinski definition) is 0. The summed E-state index contributed by atoms with van der Waals surface area (Å²) in [6.45, 7) is 0.465. The summed E-state index contributed by atoms with van der Waals surface area (Å²) in [7, 11) is 0. The SMILES string of the molecule is O=C(OCCN1C(=O)c2ccccc2C1=O)c1cccn1Cc1ccncc1. The number of carbonyl (C=O) groups is 3. The zero-order chi connectivity index (χ0) is 19.5. The lowest BCUT2D eigenvalue weighted by molar-refractivity contribution is 0.0411. The van der Waals surface area contributed by atoms with E-state index in [1.807, 2.05) is 12.1 Å². The van der Waals surface area contributed by atoms with E-state index in [1.54, 1.807) is 59.6 Å². The van der Waals surface area contributed by atoms with Gasteiger partial charge in [-0.3, -0.25) is 19.5 Å². The van der Waals surface area contributed by atoms with Gasteiger partial charge in [0.2, 0.25) is 0 Å². The number of nitrogens with zero attached hydrogens (tertiary/aromatic N) is 3. The molecule has 0 radical (unpaired) electrons. The van der Waals surface area contributed by atoms with Crippen molar-refractivity contribution in [3.05, 3.63) is 89.5 Å². The summed E-state index contributed by atoms with van der Waals surface area (Å²) in [5.41, 5.74) is 2.17. The van der Waals surface area contributed by atoms with Crippen LogP contribution in [0.2, 0.25) is 0 Å². The number of rotatable bonds is 6. The van der Waals surface area contributed by atoms with Crippen LogP contribution < -0.4 is 0 Å². The molecule has 140 valence electrons. The van der Waals surface area contributed by atoms with Gasteiger partial charge in [0.05, 0.1) is 17.7 Å². The maximum Gasteiger partial charge on any atom is 0.355 e. The van der Waals surface area contributed by atoms with Crippen molar-refractivity contribution in [2.24, 2.45) is 0 Å². The van der Waals surface area contributed by atoms with E-state index in [4.69, 9.17) is 4.74 Å². The Bertz CT molecular complexity index is 1010. The fourth-order valence-corrected chi connectivity index (χ4v) is 3.17. The fourth-order valence-electron chi connectivity index (χ4n) is 3.17. The van der Waals surface area contributed by atoms with Crippen LogP contribution in [0.1, 0.15) is 36.8 Å². The zero-order valence-electron chi connectivity index (χ0n) is 14.9. The number of esters is 1. The quantitative estimate of drug-likeness (QED) is 0.488. The Morgan fingerprint density at radius 2 is 1.61 bits per heavy atom. The van der Waals surface area contributed by atoms with Gasteiger partial charge in [-0.15, -0.1) is 0 Å². The Labute approximate surface area is 161 Å². The van der Waals surface area contributed by atoms with Crippen molar-refractivity contribution in [3.8, 4) is 0 Å². The molecule has 1 aliphatic rings. The van der Waals surface area contributed by atoms with Crippen LogP contribution in [0, 0.1) is 0 Å². The van der Waals surface area contributed by atoms with Crippen molar-refractivity contribution in [2.45, 2.75) is 6.54 Å². The van der Waals surface area contributed by atoms with E-state index in [0.29, 0.717) is 23.4 Å². The minimum absolute atomic E-state index is 0.0170. The number of imide groups is 1. The van der Waals surface area contributed by atoms with Crippen molar-refractivity contribution in [1.82, 2.24) is 14.5 Å². The molecule has 0 N–H and O–H groups in total. The van der Waals surface area contributed by atoms with Gasteiger partial charge in [-0.05, 0) is 42.0 Å². The summed E-state index contributed by atoms with van der Waals surface area (Å²) in [6.07, 6.45) is 5.18. The second-order valence-corrected chi connectivity index (χ2v) is 6.32. The Balaban J connectivity index is 1.37. The molecule has 4 rings (SSSR count). The molecule has 0 bridgehead atoms. The second-order valence-electron chi connectivity index (χ2n) is 6.32. The van der Waals surface area contributed by atoms with Gasteiger partial charge in [0.25, 0.3) is 11.8 Å².